The highest BCUT2D eigenvalue weighted by Crippen LogP contribution is 2.31. The first kappa shape index (κ1) is 19.8. The van der Waals surface area contributed by atoms with Gasteiger partial charge in [0.25, 0.3) is 0 Å². The van der Waals surface area contributed by atoms with Crippen LogP contribution in [0.15, 0.2) is 48.7 Å². The summed E-state index contributed by atoms with van der Waals surface area (Å²) in [5, 5.41) is 13.8. The number of aromatic nitrogens is 2. The third-order valence-electron chi connectivity index (χ3n) is 4.81. The van der Waals surface area contributed by atoms with Crippen LogP contribution in [0.4, 0.5) is 5.69 Å². The van der Waals surface area contributed by atoms with Gasteiger partial charge in [0.2, 0.25) is 5.91 Å². The molecule has 0 saturated heterocycles. The van der Waals surface area contributed by atoms with Gasteiger partial charge in [-0.3, -0.25) is 4.79 Å². The molecule has 5 nitrogen and oxygen atoms in total. The molecule has 0 radical (unpaired) electrons. The molecule has 1 atom stereocenters. The van der Waals surface area contributed by atoms with Gasteiger partial charge in [0.1, 0.15) is 0 Å². The largest absolute Gasteiger partial charge is 0.384 e. The van der Waals surface area contributed by atoms with Crippen LogP contribution in [0.1, 0.15) is 49.4 Å². The van der Waals surface area contributed by atoms with E-state index in [1.165, 1.54) is 0 Å². The highest BCUT2D eigenvalue weighted by molar-refractivity contribution is 5.98. The predicted octanol–water partition coefficient (Wildman–Crippen LogP) is 4.68. The van der Waals surface area contributed by atoms with Gasteiger partial charge in [0.05, 0.1) is 17.5 Å². The Morgan fingerprint density at radius 2 is 1.86 bits per heavy atom. The number of nitrogens with zero attached hydrogens (tertiary/aromatic N) is 2. The number of aryl methyl sites for hydroxylation is 2. The van der Waals surface area contributed by atoms with Crippen molar-refractivity contribution < 1.29 is 9.90 Å². The highest BCUT2D eigenvalue weighted by Gasteiger charge is 2.25. The standard InChI is InChI=1S/C23H27N3O2/c1-15-16(2)26-14-13-18(19(27)12-11-17-9-7-6-8-10-17)20(21(26)24-15)25-22(28)23(3,4)5/h6-14,19,27H,1-5H3,(H,25,28)/b12-11+. The Morgan fingerprint density at radius 1 is 1.18 bits per heavy atom. The Kier molecular flexibility index (Phi) is 5.38. The van der Waals surface area contributed by atoms with Gasteiger partial charge in [-0.1, -0.05) is 63.3 Å². The lowest BCUT2D eigenvalue weighted by molar-refractivity contribution is -0.123. The number of carbonyl (C=O) groups excluding carboxylic acids is 1. The zero-order valence-corrected chi connectivity index (χ0v) is 17.0. The highest BCUT2D eigenvalue weighted by atomic mass is 16.3. The molecule has 3 rings (SSSR count). The number of benzene rings is 1. The first-order valence-corrected chi connectivity index (χ1v) is 9.39. The Morgan fingerprint density at radius 3 is 2.50 bits per heavy atom. The number of pyridine rings is 1. The average molecular weight is 377 g/mol. The Balaban J connectivity index is 2.06. The maximum atomic E-state index is 12.7. The van der Waals surface area contributed by atoms with E-state index >= 15 is 0 Å². The summed E-state index contributed by atoms with van der Waals surface area (Å²) in [7, 11) is 0. The Bertz CT molecular complexity index is 1030. The van der Waals surface area contributed by atoms with E-state index in [1.54, 1.807) is 6.08 Å². The number of anilines is 1. The predicted molar refractivity (Wildman–Crippen MR) is 113 cm³/mol. The van der Waals surface area contributed by atoms with E-state index < -0.39 is 11.5 Å². The molecule has 1 unspecified atom stereocenters. The van der Waals surface area contributed by atoms with Crippen LogP contribution in [0.3, 0.4) is 0 Å². The minimum atomic E-state index is -0.877. The Hall–Kier alpha value is -2.92. The first-order valence-electron chi connectivity index (χ1n) is 9.39. The minimum absolute atomic E-state index is 0.126. The number of imidazole rings is 1. The number of hydrogen-bond donors (Lipinski definition) is 2. The van der Waals surface area contributed by atoms with Crippen LogP contribution in [0.25, 0.3) is 11.7 Å². The van der Waals surface area contributed by atoms with Crippen LogP contribution in [-0.4, -0.2) is 20.4 Å². The third kappa shape index (κ3) is 3.99. The van der Waals surface area contributed by atoms with E-state index in [0.717, 1.165) is 17.0 Å². The zero-order chi connectivity index (χ0) is 20.5. The molecule has 2 aromatic heterocycles. The molecule has 0 aliphatic rings. The Labute approximate surface area is 165 Å². The van der Waals surface area contributed by atoms with Crippen molar-refractivity contribution in [3.8, 4) is 0 Å². The molecule has 2 heterocycles. The normalized spacial score (nSPS) is 13.2. The van der Waals surface area contributed by atoms with Crippen molar-refractivity contribution in [3.05, 3.63) is 71.2 Å². The van der Waals surface area contributed by atoms with E-state index in [9.17, 15) is 9.90 Å². The van der Waals surface area contributed by atoms with Crippen LogP contribution in [-0.2, 0) is 4.79 Å². The number of aliphatic hydroxyl groups is 1. The van der Waals surface area contributed by atoms with E-state index in [-0.39, 0.29) is 5.91 Å². The SMILES string of the molecule is Cc1nc2c(NC(=O)C(C)(C)C)c(C(O)/C=C/c3ccccc3)ccn2c1C. The molecule has 0 spiro atoms. The van der Waals surface area contributed by atoms with E-state index in [2.05, 4.69) is 10.3 Å². The number of amides is 1. The van der Waals surface area contributed by atoms with Gasteiger partial charge in [0, 0.05) is 22.9 Å². The van der Waals surface area contributed by atoms with Gasteiger partial charge in [-0.2, -0.15) is 0 Å². The van der Waals surface area contributed by atoms with Crippen molar-refractivity contribution in [2.75, 3.05) is 5.32 Å². The number of carbonyl (C=O) groups is 1. The minimum Gasteiger partial charge on any atom is -0.384 e. The van der Waals surface area contributed by atoms with Gasteiger partial charge in [0.15, 0.2) is 5.65 Å². The fraction of sp³-hybridized carbons (Fsp3) is 0.304. The molecule has 1 aromatic carbocycles. The summed E-state index contributed by atoms with van der Waals surface area (Å²) in [6.07, 6.45) is 4.59. The fourth-order valence-electron chi connectivity index (χ4n) is 2.90. The molecule has 0 fully saturated rings. The zero-order valence-electron chi connectivity index (χ0n) is 17.0. The third-order valence-corrected chi connectivity index (χ3v) is 4.81. The second-order valence-corrected chi connectivity index (χ2v) is 8.04. The van der Waals surface area contributed by atoms with E-state index in [0.29, 0.717) is 16.9 Å². The quantitative estimate of drug-likeness (QED) is 0.694. The van der Waals surface area contributed by atoms with Crippen molar-refractivity contribution in [1.82, 2.24) is 9.38 Å². The number of nitrogens with one attached hydrogen (secondary N) is 1. The summed E-state index contributed by atoms with van der Waals surface area (Å²) >= 11 is 0. The molecule has 1 amide bonds. The van der Waals surface area contributed by atoms with E-state index in [1.807, 2.05) is 87.7 Å². The summed E-state index contributed by atoms with van der Waals surface area (Å²) in [5.41, 5.74) is 4.12. The molecule has 5 heteroatoms. The van der Waals surface area contributed by atoms with Crippen molar-refractivity contribution in [1.29, 1.82) is 0 Å². The van der Waals surface area contributed by atoms with Gasteiger partial charge >= 0.3 is 0 Å². The molecular formula is C23H27N3O2. The molecule has 0 saturated carbocycles. The number of aliphatic hydroxyl groups excluding tert-OH is 1. The van der Waals surface area contributed by atoms with Gasteiger partial charge in [-0.15, -0.1) is 0 Å². The van der Waals surface area contributed by atoms with Crippen LogP contribution in [0.2, 0.25) is 0 Å². The molecule has 0 aliphatic heterocycles. The smallest absolute Gasteiger partial charge is 0.229 e. The summed E-state index contributed by atoms with van der Waals surface area (Å²) in [6, 6.07) is 11.6. The van der Waals surface area contributed by atoms with Crippen molar-refractivity contribution in [3.63, 3.8) is 0 Å². The van der Waals surface area contributed by atoms with Crippen LogP contribution in [0.5, 0.6) is 0 Å². The van der Waals surface area contributed by atoms with Crippen molar-refractivity contribution in [2.45, 2.75) is 40.7 Å². The van der Waals surface area contributed by atoms with Crippen LogP contribution < -0.4 is 5.32 Å². The second-order valence-electron chi connectivity index (χ2n) is 8.04. The number of hydrogen-bond acceptors (Lipinski definition) is 3. The first-order chi connectivity index (χ1) is 13.2. The molecule has 28 heavy (non-hydrogen) atoms. The summed E-state index contributed by atoms with van der Waals surface area (Å²) in [6.45, 7) is 9.49. The number of rotatable bonds is 4. The lowest BCUT2D eigenvalue weighted by atomic mass is 9.95. The lowest BCUT2D eigenvalue weighted by Crippen LogP contribution is -2.28. The lowest BCUT2D eigenvalue weighted by Gasteiger charge is -2.21. The molecule has 0 bridgehead atoms. The van der Waals surface area contributed by atoms with E-state index in [4.69, 9.17) is 0 Å². The van der Waals surface area contributed by atoms with Crippen molar-refractivity contribution in [2.24, 2.45) is 5.41 Å². The molecular weight excluding hydrogens is 350 g/mol. The molecule has 0 aliphatic carbocycles. The maximum Gasteiger partial charge on any atom is 0.229 e. The van der Waals surface area contributed by atoms with Crippen LogP contribution >= 0.6 is 0 Å². The average Bonchev–Trinajstić information content (AvgIpc) is 2.95. The summed E-state index contributed by atoms with van der Waals surface area (Å²) in [4.78, 5) is 17.3. The molecule has 2 N–H and O–H groups in total. The molecule has 3 aromatic rings. The number of fused-ring (bicyclic) bond motifs is 1. The van der Waals surface area contributed by atoms with Gasteiger partial charge in [-0.25, -0.2) is 4.98 Å². The van der Waals surface area contributed by atoms with Crippen LogP contribution in [0, 0.1) is 19.3 Å². The monoisotopic (exact) mass is 377 g/mol. The maximum absolute atomic E-state index is 12.7. The second kappa shape index (κ2) is 7.60. The topological polar surface area (TPSA) is 66.6 Å². The molecule has 146 valence electrons. The van der Waals surface area contributed by atoms with Gasteiger partial charge in [-0.05, 0) is 25.5 Å². The van der Waals surface area contributed by atoms with Crippen molar-refractivity contribution >= 4 is 23.3 Å². The fourth-order valence-corrected chi connectivity index (χ4v) is 2.90. The summed E-state index contributed by atoms with van der Waals surface area (Å²) in [5.74, 6) is -0.126. The summed E-state index contributed by atoms with van der Waals surface area (Å²) < 4.78 is 1.94. The van der Waals surface area contributed by atoms with Gasteiger partial charge < -0.3 is 14.8 Å².